The molecule has 0 saturated carbocycles. The highest BCUT2D eigenvalue weighted by Gasteiger charge is 2.32. The molecule has 0 radical (unpaired) electrons. The van der Waals surface area contributed by atoms with Crippen molar-refractivity contribution in [2.45, 2.75) is 13.0 Å². The lowest BCUT2D eigenvalue weighted by Gasteiger charge is -2.14. The van der Waals surface area contributed by atoms with Crippen molar-refractivity contribution in [3.8, 4) is 22.6 Å². The molecule has 2 aromatic carbocycles. The summed E-state index contributed by atoms with van der Waals surface area (Å²) < 4.78 is 69.5. The highest BCUT2D eigenvalue weighted by Crippen LogP contribution is 2.37. The molecule has 0 aliphatic heterocycles. The number of hydrogen-bond donors (Lipinski definition) is 0. The van der Waals surface area contributed by atoms with Crippen molar-refractivity contribution in [1.82, 2.24) is 0 Å². The molecule has 0 aliphatic carbocycles. The fourth-order valence-corrected chi connectivity index (χ4v) is 2.00. The molecule has 0 saturated heterocycles. The normalized spacial score (nSPS) is 11.6. The Kier molecular flexibility index (Phi) is 4.75. The molecule has 2 aromatic rings. The Balaban J connectivity index is 2.38. The number of benzene rings is 2. The maximum absolute atomic E-state index is 12.4. The first kappa shape index (κ1) is 16.4. The smallest absolute Gasteiger partial charge is 0.433 e. The van der Waals surface area contributed by atoms with Crippen LogP contribution in [0, 0.1) is 0 Å². The summed E-state index contributed by atoms with van der Waals surface area (Å²) in [6.07, 6.45) is -4.85. The van der Waals surface area contributed by atoms with Crippen LogP contribution in [0.4, 0.5) is 22.0 Å². The van der Waals surface area contributed by atoms with Gasteiger partial charge in [-0.2, -0.15) is 8.78 Å². The van der Waals surface area contributed by atoms with E-state index in [0.29, 0.717) is 0 Å². The van der Waals surface area contributed by atoms with Crippen molar-refractivity contribution in [3.05, 3.63) is 47.5 Å². The molecule has 0 aliphatic rings. The molecule has 0 bridgehead atoms. The van der Waals surface area contributed by atoms with Crippen LogP contribution in [0.3, 0.4) is 0 Å². The zero-order chi connectivity index (χ0) is 16.3. The second-order valence-corrected chi connectivity index (χ2v) is 4.47. The number of rotatable bonds is 4. The molecule has 118 valence electrons. The van der Waals surface area contributed by atoms with E-state index < -0.39 is 18.7 Å². The molecule has 0 aromatic heterocycles. The van der Waals surface area contributed by atoms with Crippen molar-refractivity contribution < 1.29 is 31.4 Å². The van der Waals surface area contributed by atoms with Gasteiger partial charge in [0.1, 0.15) is 11.5 Å². The summed E-state index contributed by atoms with van der Waals surface area (Å²) >= 11 is 5.79. The molecule has 8 heteroatoms. The lowest BCUT2D eigenvalue weighted by Crippen LogP contribution is -2.17. The van der Waals surface area contributed by atoms with Gasteiger partial charge in [0, 0.05) is 5.56 Å². The Bertz CT molecular complexity index is 658. The van der Waals surface area contributed by atoms with Gasteiger partial charge in [0.05, 0.1) is 5.02 Å². The summed E-state index contributed by atoms with van der Waals surface area (Å²) in [5.41, 5.74) is 0.386. The molecule has 2 nitrogen and oxygen atoms in total. The van der Waals surface area contributed by atoms with Crippen molar-refractivity contribution in [2.75, 3.05) is 0 Å². The topological polar surface area (TPSA) is 18.5 Å². The van der Waals surface area contributed by atoms with Crippen molar-refractivity contribution in [3.63, 3.8) is 0 Å². The minimum absolute atomic E-state index is 0.116. The van der Waals surface area contributed by atoms with Gasteiger partial charge in [0.25, 0.3) is 0 Å². The third kappa shape index (κ3) is 4.24. The number of para-hydroxylation sites is 1. The minimum atomic E-state index is -4.85. The molecule has 0 atom stereocenters. The minimum Gasteiger partial charge on any atom is -0.433 e. The Morgan fingerprint density at radius 2 is 1.64 bits per heavy atom. The number of ether oxygens (including phenoxy) is 2. The summed E-state index contributed by atoms with van der Waals surface area (Å²) in [6, 6.07) is 9.09. The third-order valence-corrected chi connectivity index (χ3v) is 2.87. The van der Waals surface area contributed by atoms with Gasteiger partial charge in [-0.3, -0.25) is 0 Å². The summed E-state index contributed by atoms with van der Waals surface area (Å²) in [6.45, 7) is -3.05. The Morgan fingerprint density at radius 3 is 2.23 bits per heavy atom. The molecule has 0 fully saturated rings. The van der Waals surface area contributed by atoms with Crippen LogP contribution in [0.15, 0.2) is 42.5 Å². The first-order valence-electron chi connectivity index (χ1n) is 5.86. The first-order chi connectivity index (χ1) is 10.3. The van der Waals surface area contributed by atoms with Crippen LogP contribution >= 0.6 is 11.6 Å². The number of hydrogen-bond acceptors (Lipinski definition) is 2. The van der Waals surface area contributed by atoms with E-state index in [1.807, 2.05) is 0 Å². The average molecular weight is 339 g/mol. The van der Waals surface area contributed by atoms with Crippen LogP contribution in [0.2, 0.25) is 5.02 Å². The van der Waals surface area contributed by atoms with Crippen LogP contribution in [-0.4, -0.2) is 13.0 Å². The summed E-state index contributed by atoms with van der Waals surface area (Å²) in [5, 5.41) is -0.153. The van der Waals surface area contributed by atoms with E-state index in [-0.39, 0.29) is 21.9 Å². The fraction of sp³-hybridized carbons (Fsp3) is 0.143. The van der Waals surface area contributed by atoms with Gasteiger partial charge >= 0.3 is 13.0 Å². The quantitative estimate of drug-likeness (QED) is 0.685. The van der Waals surface area contributed by atoms with E-state index in [0.717, 1.165) is 12.1 Å². The SMILES string of the molecule is FC(F)Oc1ccc(-c2ccccc2OC(F)(F)F)cc1Cl. The molecule has 0 heterocycles. The van der Waals surface area contributed by atoms with Crippen LogP contribution in [-0.2, 0) is 0 Å². The predicted octanol–water partition coefficient (Wildman–Crippen LogP) is 5.51. The van der Waals surface area contributed by atoms with Crippen LogP contribution in [0.25, 0.3) is 11.1 Å². The fourth-order valence-electron chi connectivity index (χ4n) is 1.78. The van der Waals surface area contributed by atoms with Gasteiger partial charge in [-0.05, 0) is 23.8 Å². The second kappa shape index (κ2) is 6.39. The number of halogens is 6. The molecular formula is C14H8ClF5O2. The lowest BCUT2D eigenvalue weighted by atomic mass is 10.0. The van der Waals surface area contributed by atoms with Crippen LogP contribution in [0.5, 0.6) is 11.5 Å². The number of alkyl halides is 5. The van der Waals surface area contributed by atoms with Gasteiger partial charge in [0.2, 0.25) is 0 Å². The van der Waals surface area contributed by atoms with E-state index in [2.05, 4.69) is 9.47 Å². The van der Waals surface area contributed by atoms with Gasteiger partial charge in [-0.15, -0.1) is 13.2 Å². The Morgan fingerprint density at radius 1 is 0.955 bits per heavy atom. The third-order valence-electron chi connectivity index (χ3n) is 2.57. The summed E-state index contributed by atoms with van der Waals surface area (Å²) in [4.78, 5) is 0. The van der Waals surface area contributed by atoms with Crippen LogP contribution in [0.1, 0.15) is 0 Å². The zero-order valence-electron chi connectivity index (χ0n) is 10.7. The summed E-state index contributed by atoms with van der Waals surface area (Å²) in [5.74, 6) is -0.691. The maximum Gasteiger partial charge on any atom is 0.573 e. The average Bonchev–Trinajstić information content (AvgIpc) is 2.39. The highest BCUT2D eigenvalue weighted by molar-refractivity contribution is 6.32. The van der Waals surface area contributed by atoms with E-state index in [9.17, 15) is 22.0 Å². The van der Waals surface area contributed by atoms with Crippen molar-refractivity contribution >= 4 is 11.6 Å². The van der Waals surface area contributed by atoms with Gasteiger partial charge in [0.15, 0.2) is 0 Å². The van der Waals surface area contributed by atoms with Gasteiger partial charge in [-0.25, -0.2) is 0 Å². The summed E-state index contributed by atoms with van der Waals surface area (Å²) in [7, 11) is 0. The van der Waals surface area contributed by atoms with E-state index in [1.165, 1.54) is 30.3 Å². The molecule has 0 N–H and O–H groups in total. The maximum atomic E-state index is 12.4. The molecule has 0 amide bonds. The molecule has 0 unspecified atom stereocenters. The largest absolute Gasteiger partial charge is 0.573 e. The molecule has 2 rings (SSSR count). The highest BCUT2D eigenvalue weighted by atomic mass is 35.5. The van der Waals surface area contributed by atoms with Crippen molar-refractivity contribution in [2.24, 2.45) is 0 Å². The van der Waals surface area contributed by atoms with E-state index in [1.54, 1.807) is 0 Å². The van der Waals surface area contributed by atoms with Gasteiger partial charge < -0.3 is 9.47 Å². The first-order valence-corrected chi connectivity index (χ1v) is 6.23. The van der Waals surface area contributed by atoms with E-state index >= 15 is 0 Å². The second-order valence-electron chi connectivity index (χ2n) is 4.07. The molecule has 0 spiro atoms. The molecule has 22 heavy (non-hydrogen) atoms. The van der Waals surface area contributed by atoms with Crippen LogP contribution < -0.4 is 9.47 Å². The standard InChI is InChI=1S/C14H8ClF5O2/c15-10-7-8(5-6-12(10)21-13(16)17)9-3-1-2-4-11(9)22-14(18,19)20/h1-7,13H. The zero-order valence-corrected chi connectivity index (χ0v) is 11.5. The predicted molar refractivity (Wildman–Crippen MR) is 70.2 cm³/mol. The van der Waals surface area contributed by atoms with Gasteiger partial charge in [-0.1, -0.05) is 35.9 Å². The Labute approximate surface area is 127 Å². The lowest BCUT2D eigenvalue weighted by molar-refractivity contribution is -0.274. The monoisotopic (exact) mass is 338 g/mol. The Hall–Kier alpha value is -2.02. The molecular weight excluding hydrogens is 331 g/mol. The van der Waals surface area contributed by atoms with E-state index in [4.69, 9.17) is 11.6 Å². The van der Waals surface area contributed by atoms with Crippen molar-refractivity contribution in [1.29, 1.82) is 0 Å².